The van der Waals surface area contributed by atoms with Gasteiger partial charge in [0.05, 0.1) is 14.2 Å². The highest BCUT2D eigenvalue weighted by Crippen LogP contribution is 2.56. The van der Waals surface area contributed by atoms with E-state index < -0.39 is 0 Å². The molecule has 0 N–H and O–H groups in total. The Kier molecular flexibility index (Phi) is 4.57. The summed E-state index contributed by atoms with van der Waals surface area (Å²) in [4.78, 5) is 12.1. The van der Waals surface area contributed by atoms with Crippen LogP contribution < -0.4 is 9.47 Å². The molecule has 0 saturated heterocycles. The van der Waals surface area contributed by atoms with Gasteiger partial charge in [-0.05, 0) is 72.4 Å². The maximum atomic E-state index is 6.09. The zero-order valence-electron chi connectivity index (χ0n) is 18.0. The third-order valence-corrected chi connectivity index (χ3v) is 6.32. The first-order valence-corrected chi connectivity index (χ1v) is 10.3. The highest BCUT2D eigenvalue weighted by Gasteiger charge is 2.45. The van der Waals surface area contributed by atoms with Gasteiger partial charge in [0.1, 0.15) is 23.7 Å². The van der Waals surface area contributed by atoms with E-state index in [1.54, 1.807) is 14.2 Å². The summed E-state index contributed by atoms with van der Waals surface area (Å²) in [7, 11) is 3.41. The lowest BCUT2D eigenvalue weighted by atomic mass is 9.81. The van der Waals surface area contributed by atoms with E-state index >= 15 is 0 Å². The molecule has 0 spiro atoms. The van der Waals surface area contributed by atoms with Crippen LogP contribution in [0.2, 0.25) is 0 Å². The number of benzene rings is 3. The predicted octanol–water partition coefficient (Wildman–Crippen LogP) is 5.87. The van der Waals surface area contributed by atoms with E-state index in [9.17, 15) is 0 Å². The quantitative estimate of drug-likeness (QED) is 0.514. The van der Waals surface area contributed by atoms with Gasteiger partial charge in [-0.2, -0.15) is 0 Å². The Labute approximate surface area is 177 Å². The molecular weight excluding hydrogens is 376 g/mol. The van der Waals surface area contributed by atoms with Crippen molar-refractivity contribution in [1.29, 1.82) is 0 Å². The molecule has 1 aliphatic carbocycles. The summed E-state index contributed by atoms with van der Waals surface area (Å²) >= 11 is 0. The van der Waals surface area contributed by atoms with Gasteiger partial charge in [-0.3, -0.25) is 0 Å². The molecule has 1 heterocycles. The molecular formula is C26H26O4. The molecule has 0 fully saturated rings. The lowest BCUT2D eigenvalue weighted by Gasteiger charge is -2.31. The van der Waals surface area contributed by atoms with Crippen LogP contribution in [0.3, 0.4) is 0 Å². The second-order valence-corrected chi connectivity index (χ2v) is 8.30. The average molecular weight is 402 g/mol. The molecule has 0 amide bonds. The molecule has 4 heteroatoms. The summed E-state index contributed by atoms with van der Waals surface area (Å²) in [5.41, 5.74) is 9.23. The molecule has 3 aromatic carbocycles. The SMILES string of the molecule is COc1cc(C)c2c(c1)[C@@H]1OO[C@@H](c3cc(C)cc(OC)c31)[C@@H]2c1ccc(C)cc1. The van der Waals surface area contributed by atoms with Crippen molar-refractivity contribution < 1.29 is 19.2 Å². The fourth-order valence-electron chi connectivity index (χ4n) is 4.95. The fourth-order valence-corrected chi connectivity index (χ4v) is 4.95. The van der Waals surface area contributed by atoms with E-state index in [1.807, 2.05) is 0 Å². The molecule has 4 nitrogen and oxygen atoms in total. The lowest BCUT2D eigenvalue weighted by Crippen LogP contribution is -2.21. The van der Waals surface area contributed by atoms with E-state index in [-0.39, 0.29) is 18.1 Å². The van der Waals surface area contributed by atoms with Crippen LogP contribution in [-0.2, 0) is 9.78 Å². The predicted molar refractivity (Wildman–Crippen MR) is 115 cm³/mol. The number of aryl methyl sites for hydroxylation is 3. The van der Waals surface area contributed by atoms with E-state index in [0.29, 0.717) is 0 Å². The van der Waals surface area contributed by atoms with Crippen LogP contribution in [0.25, 0.3) is 0 Å². The molecule has 2 bridgehead atoms. The standard InChI is InChI=1S/C26H26O4/c1-14-6-8-17(9-7-14)23-22-16(3)12-18(27-4)13-20(22)26-24-19(25(23)29-30-26)10-15(2)11-21(24)28-5/h6-13,23,25-26H,1-5H3/t23-,25+,26+/m1/s1. The topological polar surface area (TPSA) is 36.9 Å². The van der Waals surface area contributed by atoms with Crippen LogP contribution in [0, 0.1) is 20.8 Å². The minimum atomic E-state index is -0.369. The van der Waals surface area contributed by atoms with Crippen molar-refractivity contribution in [3.63, 3.8) is 0 Å². The first-order chi connectivity index (χ1) is 14.5. The molecule has 0 unspecified atom stereocenters. The van der Waals surface area contributed by atoms with Gasteiger partial charge in [0.25, 0.3) is 0 Å². The monoisotopic (exact) mass is 402 g/mol. The minimum absolute atomic E-state index is 0.00395. The molecule has 0 aromatic heterocycles. The zero-order valence-corrected chi connectivity index (χ0v) is 18.0. The summed E-state index contributed by atoms with van der Waals surface area (Å²) < 4.78 is 11.4. The molecule has 5 rings (SSSR count). The Balaban J connectivity index is 1.85. The number of fused-ring (bicyclic) bond motifs is 2. The van der Waals surface area contributed by atoms with Crippen LogP contribution in [0.1, 0.15) is 62.6 Å². The fraction of sp³-hybridized carbons (Fsp3) is 0.308. The average Bonchev–Trinajstić information content (AvgIpc) is 2.98. The number of rotatable bonds is 3. The van der Waals surface area contributed by atoms with Gasteiger partial charge in [0, 0.05) is 11.5 Å². The molecule has 0 saturated carbocycles. The third-order valence-electron chi connectivity index (χ3n) is 6.32. The van der Waals surface area contributed by atoms with Crippen LogP contribution in [0.4, 0.5) is 0 Å². The van der Waals surface area contributed by atoms with Gasteiger partial charge in [-0.1, -0.05) is 35.9 Å². The molecule has 30 heavy (non-hydrogen) atoms. The number of hydrogen-bond donors (Lipinski definition) is 0. The van der Waals surface area contributed by atoms with Crippen LogP contribution in [0.5, 0.6) is 11.5 Å². The molecule has 0 radical (unpaired) electrons. The van der Waals surface area contributed by atoms with E-state index in [0.717, 1.165) is 33.8 Å². The molecule has 154 valence electrons. The van der Waals surface area contributed by atoms with Gasteiger partial charge in [0.2, 0.25) is 0 Å². The van der Waals surface area contributed by atoms with Gasteiger partial charge >= 0.3 is 0 Å². The molecule has 1 aliphatic heterocycles. The summed E-state index contributed by atoms with van der Waals surface area (Å²) in [6, 6.07) is 17.2. The van der Waals surface area contributed by atoms with Gasteiger partial charge < -0.3 is 9.47 Å². The first kappa shape index (κ1) is 19.2. The molecule has 3 aromatic rings. The number of hydrogen-bond acceptors (Lipinski definition) is 4. The van der Waals surface area contributed by atoms with Crippen molar-refractivity contribution in [2.45, 2.75) is 38.9 Å². The molecule has 3 atom stereocenters. The maximum Gasteiger partial charge on any atom is 0.147 e. The highest BCUT2D eigenvalue weighted by molar-refractivity contribution is 5.59. The van der Waals surface area contributed by atoms with Crippen LogP contribution >= 0.6 is 0 Å². The second-order valence-electron chi connectivity index (χ2n) is 8.30. The second kappa shape index (κ2) is 7.15. The van der Waals surface area contributed by atoms with Gasteiger partial charge in [-0.25, -0.2) is 9.78 Å². The maximum absolute atomic E-state index is 6.09. The van der Waals surface area contributed by atoms with Crippen molar-refractivity contribution in [2.75, 3.05) is 14.2 Å². The van der Waals surface area contributed by atoms with Crippen molar-refractivity contribution in [2.24, 2.45) is 0 Å². The number of ether oxygens (including phenoxy) is 2. The Bertz CT molecular complexity index is 1120. The first-order valence-electron chi connectivity index (χ1n) is 10.3. The minimum Gasteiger partial charge on any atom is -0.497 e. The van der Waals surface area contributed by atoms with Gasteiger partial charge in [-0.15, -0.1) is 0 Å². The van der Waals surface area contributed by atoms with Crippen molar-refractivity contribution in [1.82, 2.24) is 0 Å². The summed E-state index contributed by atoms with van der Waals surface area (Å²) in [6.07, 6.45) is -0.632. The lowest BCUT2D eigenvalue weighted by molar-refractivity contribution is -0.357. The number of methoxy groups -OCH3 is 2. The van der Waals surface area contributed by atoms with Crippen molar-refractivity contribution in [3.05, 3.63) is 93.0 Å². The normalized spacial score (nSPS) is 21.6. The largest absolute Gasteiger partial charge is 0.497 e. The van der Waals surface area contributed by atoms with Crippen LogP contribution in [0.15, 0.2) is 48.5 Å². The Morgan fingerprint density at radius 3 is 2.20 bits per heavy atom. The third kappa shape index (κ3) is 2.83. The van der Waals surface area contributed by atoms with Crippen LogP contribution in [-0.4, -0.2) is 14.2 Å². The smallest absolute Gasteiger partial charge is 0.147 e. The summed E-state index contributed by atoms with van der Waals surface area (Å²) in [5, 5.41) is 0. The summed E-state index contributed by atoms with van der Waals surface area (Å²) in [6.45, 7) is 6.33. The summed E-state index contributed by atoms with van der Waals surface area (Å²) in [5.74, 6) is 1.65. The van der Waals surface area contributed by atoms with Crippen molar-refractivity contribution >= 4 is 0 Å². The zero-order chi connectivity index (χ0) is 21.0. The highest BCUT2D eigenvalue weighted by atomic mass is 17.2. The Morgan fingerprint density at radius 2 is 1.50 bits per heavy atom. The van der Waals surface area contributed by atoms with Crippen molar-refractivity contribution in [3.8, 4) is 11.5 Å². The van der Waals surface area contributed by atoms with E-state index in [2.05, 4.69) is 69.3 Å². The van der Waals surface area contributed by atoms with Gasteiger partial charge in [0.15, 0.2) is 0 Å². The molecule has 2 aliphatic rings. The Hall–Kier alpha value is -2.82. The van der Waals surface area contributed by atoms with E-state index in [1.165, 1.54) is 22.3 Å². The Morgan fingerprint density at radius 1 is 0.733 bits per heavy atom. The van der Waals surface area contributed by atoms with E-state index in [4.69, 9.17) is 19.2 Å².